The largest absolute Gasteiger partial charge is 0.299 e. The van der Waals surface area contributed by atoms with Gasteiger partial charge in [0.05, 0.1) is 18.2 Å². The van der Waals surface area contributed by atoms with Crippen molar-refractivity contribution in [3.05, 3.63) is 18.0 Å². The predicted molar refractivity (Wildman–Crippen MR) is 77.1 cm³/mol. The van der Waals surface area contributed by atoms with Crippen molar-refractivity contribution in [2.24, 2.45) is 5.41 Å². The summed E-state index contributed by atoms with van der Waals surface area (Å²) in [5.41, 5.74) is 1.00. The number of carbonyl (C=O) groups is 1. The van der Waals surface area contributed by atoms with Crippen LogP contribution in [0, 0.1) is 5.41 Å². The lowest BCUT2D eigenvalue weighted by Gasteiger charge is -2.21. The third-order valence-corrected chi connectivity index (χ3v) is 3.72. The van der Waals surface area contributed by atoms with E-state index < -0.39 is 0 Å². The molecule has 1 fully saturated rings. The van der Waals surface area contributed by atoms with E-state index in [-0.39, 0.29) is 5.41 Å². The molecule has 0 saturated heterocycles. The van der Waals surface area contributed by atoms with Gasteiger partial charge in [0, 0.05) is 12.6 Å². The molecule has 0 radical (unpaired) electrons. The Morgan fingerprint density at radius 3 is 2.63 bits per heavy atom. The first-order valence-electron chi connectivity index (χ1n) is 7.50. The highest BCUT2D eigenvalue weighted by molar-refractivity contribution is 5.80. The zero-order valence-corrected chi connectivity index (χ0v) is 12.5. The fourth-order valence-corrected chi connectivity index (χ4v) is 2.88. The number of carbonyl (C=O) groups excluding carboxylic acids is 1. The molecular weight excluding hydrogens is 236 g/mol. The molecule has 1 saturated carbocycles. The first-order valence-corrected chi connectivity index (χ1v) is 7.50. The first-order chi connectivity index (χ1) is 8.94. The number of ketones is 1. The Bertz CT molecular complexity index is 422. The maximum Gasteiger partial charge on any atom is 0.139 e. The summed E-state index contributed by atoms with van der Waals surface area (Å²) in [6, 6.07) is 2.56. The van der Waals surface area contributed by atoms with Gasteiger partial charge in [-0.15, -0.1) is 0 Å². The summed E-state index contributed by atoms with van der Waals surface area (Å²) in [6.45, 7) is 6.31. The molecule has 1 aliphatic rings. The van der Waals surface area contributed by atoms with Crippen molar-refractivity contribution in [3.8, 4) is 0 Å². The van der Waals surface area contributed by atoms with E-state index in [0.29, 0.717) is 24.7 Å². The van der Waals surface area contributed by atoms with Crippen molar-refractivity contribution in [2.45, 2.75) is 71.8 Å². The summed E-state index contributed by atoms with van der Waals surface area (Å²) in [5.74, 6) is 0.293. The molecule has 0 aromatic carbocycles. The third-order valence-electron chi connectivity index (χ3n) is 3.72. The predicted octanol–water partition coefficient (Wildman–Crippen LogP) is 3.94. The van der Waals surface area contributed by atoms with Gasteiger partial charge in [-0.2, -0.15) is 5.10 Å². The quantitative estimate of drug-likeness (QED) is 0.824. The molecule has 0 N–H and O–H groups in total. The van der Waals surface area contributed by atoms with Crippen LogP contribution in [0.1, 0.15) is 71.0 Å². The summed E-state index contributed by atoms with van der Waals surface area (Å²) in [7, 11) is 0. The van der Waals surface area contributed by atoms with Crippen molar-refractivity contribution in [1.29, 1.82) is 0 Å². The second kappa shape index (κ2) is 5.89. The fourth-order valence-electron chi connectivity index (χ4n) is 2.88. The number of Topliss-reactive ketones (excluding diaryl/α,β-unsaturated/α-hetero) is 1. The summed E-state index contributed by atoms with van der Waals surface area (Å²) >= 11 is 0. The van der Waals surface area contributed by atoms with Crippen LogP contribution in [0.3, 0.4) is 0 Å². The average Bonchev–Trinajstić information content (AvgIpc) is 2.76. The number of hydrogen-bond donors (Lipinski definition) is 0. The minimum absolute atomic E-state index is 0.0724. The Morgan fingerprint density at radius 2 is 2.00 bits per heavy atom. The number of aromatic nitrogens is 2. The van der Waals surface area contributed by atoms with E-state index in [4.69, 9.17) is 0 Å². The molecule has 0 atom stereocenters. The molecule has 2 rings (SSSR count). The topological polar surface area (TPSA) is 34.9 Å². The molecule has 0 unspecified atom stereocenters. The standard InChI is InChI=1S/C16H26N2O/c1-16(2,3)12-15(19)11-13-9-10-18(17-13)14-7-5-4-6-8-14/h9-10,14H,4-8,11-12H2,1-3H3. The lowest BCUT2D eigenvalue weighted by atomic mass is 9.89. The molecule has 19 heavy (non-hydrogen) atoms. The molecule has 0 aliphatic heterocycles. The molecule has 1 heterocycles. The van der Waals surface area contributed by atoms with Crippen LogP contribution in [0.5, 0.6) is 0 Å². The van der Waals surface area contributed by atoms with Gasteiger partial charge in [-0.3, -0.25) is 9.48 Å². The molecule has 0 spiro atoms. The van der Waals surface area contributed by atoms with Crippen molar-refractivity contribution in [3.63, 3.8) is 0 Å². The van der Waals surface area contributed by atoms with Gasteiger partial charge in [-0.25, -0.2) is 0 Å². The molecule has 3 heteroatoms. The second-order valence-electron chi connectivity index (χ2n) is 7.03. The van der Waals surface area contributed by atoms with E-state index in [9.17, 15) is 4.79 Å². The summed E-state index contributed by atoms with van der Waals surface area (Å²) in [5, 5.41) is 4.60. The van der Waals surface area contributed by atoms with Crippen LogP contribution >= 0.6 is 0 Å². The lowest BCUT2D eigenvalue weighted by Crippen LogP contribution is -2.16. The van der Waals surface area contributed by atoms with Gasteiger partial charge in [-0.1, -0.05) is 40.0 Å². The van der Waals surface area contributed by atoms with Crippen LogP contribution in [0.2, 0.25) is 0 Å². The number of nitrogens with zero attached hydrogens (tertiary/aromatic N) is 2. The van der Waals surface area contributed by atoms with Crippen LogP contribution < -0.4 is 0 Å². The molecule has 0 bridgehead atoms. The van der Waals surface area contributed by atoms with Crippen molar-refractivity contribution in [1.82, 2.24) is 9.78 Å². The van der Waals surface area contributed by atoms with Gasteiger partial charge in [0.25, 0.3) is 0 Å². The summed E-state index contributed by atoms with van der Waals surface area (Å²) < 4.78 is 2.08. The molecule has 106 valence electrons. The Kier molecular flexibility index (Phi) is 4.43. The van der Waals surface area contributed by atoms with Gasteiger partial charge < -0.3 is 0 Å². The van der Waals surface area contributed by atoms with Gasteiger partial charge in [0.1, 0.15) is 5.78 Å². The van der Waals surface area contributed by atoms with Crippen molar-refractivity contribution < 1.29 is 4.79 Å². The van der Waals surface area contributed by atoms with Gasteiger partial charge in [0.15, 0.2) is 0 Å². The fraction of sp³-hybridized carbons (Fsp3) is 0.750. The lowest BCUT2D eigenvalue weighted by molar-refractivity contribution is -0.120. The highest BCUT2D eigenvalue weighted by Crippen LogP contribution is 2.27. The molecular formula is C16H26N2O. The molecule has 3 nitrogen and oxygen atoms in total. The summed E-state index contributed by atoms with van der Waals surface area (Å²) in [4.78, 5) is 12.0. The van der Waals surface area contributed by atoms with Crippen LogP contribution in [0.15, 0.2) is 12.3 Å². The van der Waals surface area contributed by atoms with E-state index in [1.165, 1.54) is 32.1 Å². The molecule has 1 aliphatic carbocycles. The SMILES string of the molecule is CC(C)(C)CC(=O)Cc1ccn(C2CCCCC2)n1. The van der Waals surface area contributed by atoms with Gasteiger partial charge in [0.2, 0.25) is 0 Å². The maximum absolute atomic E-state index is 12.0. The van der Waals surface area contributed by atoms with Gasteiger partial charge in [-0.05, 0) is 24.3 Å². The van der Waals surface area contributed by atoms with Gasteiger partial charge >= 0.3 is 0 Å². The Hall–Kier alpha value is -1.12. The minimum Gasteiger partial charge on any atom is -0.299 e. The highest BCUT2D eigenvalue weighted by atomic mass is 16.1. The molecule has 0 amide bonds. The maximum atomic E-state index is 12.0. The van der Waals surface area contributed by atoms with E-state index in [1.807, 2.05) is 6.07 Å². The van der Waals surface area contributed by atoms with Crippen LogP contribution in [-0.2, 0) is 11.2 Å². The number of hydrogen-bond acceptors (Lipinski definition) is 2. The normalized spacial score (nSPS) is 17.6. The Balaban J connectivity index is 1.91. The highest BCUT2D eigenvalue weighted by Gasteiger charge is 2.19. The average molecular weight is 262 g/mol. The monoisotopic (exact) mass is 262 g/mol. The van der Waals surface area contributed by atoms with Crippen molar-refractivity contribution >= 4 is 5.78 Å². The zero-order valence-electron chi connectivity index (χ0n) is 12.5. The van der Waals surface area contributed by atoms with Crippen molar-refractivity contribution in [2.75, 3.05) is 0 Å². The smallest absolute Gasteiger partial charge is 0.139 e. The zero-order chi connectivity index (χ0) is 13.9. The van der Waals surface area contributed by atoms with E-state index in [2.05, 4.69) is 36.7 Å². The first kappa shape index (κ1) is 14.3. The van der Waals surface area contributed by atoms with Crippen LogP contribution in [-0.4, -0.2) is 15.6 Å². The van der Waals surface area contributed by atoms with Crippen LogP contribution in [0.25, 0.3) is 0 Å². The van der Waals surface area contributed by atoms with E-state index in [0.717, 1.165) is 5.69 Å². The minimum atomic E-state index is 0.0724. The molecule has 1 aromatic heterocycles. The Labute approximate surface area is 116 Å². The van der Waals surface area contributed by atoms with Crippen LogP contribution in [0.4, 0.5) is 0 Å². The second-order valence-corrected chi connectivity index (χ2v) is 7.03. The molecule has 1 aromatic rings. The summed E-state index contributed by atoms with van der Waals surface area (Å²) in [6.07, 6.45) is 9.60. The number of rotatable bonds is 4. The van der Waals surface area contributed by atoms with E-state index >= 15 is 0 Å². The Morgan fingerprint density at radius 1 is 1.32 bits per heavy atom. The van der Waals surface area contributed by atoms with E-state index in [1.54, 1.807) is 0 Å². The third kappa shape index (κ3) is 4.48.